The Morgan fingerprint density at radius 1 is 1.11 bits per heavy atom. The number of hydrogen-bond acceptors (Lipinski definition) is 4. The van der Waals surface area contributed by atoms with Crippen LogP contribution in [0.15, 0.2) is 0 Å². The summed E-state index contributed by atoms with van der Waals surface area (Å²) in [4.78, 5) is 5.30. The molecule has 0 aliphatic carbocycles. The molecule has 3 rings (SSSR count). The lowest BCUT2D eigenvalue weighted by Crippen LogP contribution is -2.60. The molecule has 110 valence electrons. The van der Waals surface area contributed by atoms with Gasteiger partial charge in [0.25, 0.3) is 0 Å². The van der Waals surface area contributed by atoms with Gasteiger partial charge in [0.2, 0.25) is 0 Å². The third kappa shape index (κ3) is 2.82. The van der Waals surface area contributed by atoms with Gasteiger partial charge in [-0.25, -0.2) is 0 Å². The van der Waals surface area contributed by atoms with Crippen LogP contribution >= 0.6 is 0 Å². The van der Waals surface area contributed by atoms with E-state index in [0.717, 1.165) is 31.6 Å². The maximum absolute atomic E-state index is 5.73. The van der Waals surface area contributed by atoms with E-state index >= 15 is 0 Å². The van der Waals surface area contributed by atoms with Gasteiger partial charge in [-0.3, -0.25) is 4.90 Å². The van der Waals surface area contributed by atoms with Crippen LogP contribution in [0.2, 0.25) is 0 Å². The summed E-state index contributed by atoms with van der Waals surface area (Å²) >= 11 is 0. The highest BCUT2D eigenvalue weighted by Crippen LogP contribution is 2.31. The first-order valence-electron chi connectivity index (χ1n) is 7.99. The molecule has 0 bridgehead atoms. The average molecular weight is 267 g/mol. The molecular weight excluding hydrogens is 238 g/mol. The fourth-order valence-electron chi connectivity index (χ4n) is 4.40. The van der Waals surface area contributed by atoms with Crippen molar-refractivity contribution in [1.29, 1.82) is 0 Å². The highest BCUT2D eigenvalue weighted by Gasteiger charge is 2.38. The van der Waals surface area contributed by atoms with Gasteiger partial charge in [-0.15, -0.1) is 0 Å². The van der Waals surface area contributed by atoms with Gasteiger partial charge in [0, 0.05) is 37.8 Å². The summed E-state index contributed by atoms with van der Waals surface area (Å²) in [7, 11) is 4.41. The van der Waals surface area contributed by atoms with Crippen LogP contribution in [-0.2, 0) is 4.74 Å². The van der Waals surface area contributed by atoms with Crippen molar-refractivity contribution in [3.8, 4) is 0 Å². The first kappa shape index (κ1) is 13.8. The number of likely N-dealkylation sites (N-methyl/N-ethyl adjacent to an activating group) is 1. The van der Waals surface area contributed by atoms with Crippen molar-refractivity contribution in [2.24, 2.45) is 5.92 Å². The SMILES string of the molecule is CNC1CCOCC1N1CCC2C(CCCN2C)C1. The predicted molar refractivity (Wildman–Crippen MR) is 77.4 cm³/mol. The minimum Gasteiger partial charge on any atom is -0.380 e. The zero-order valence-electron chi connectivity index (χ0n) is 12.5. The second kappa shape index (κ2) is 6.08. The number of nitrogens with zero attached hydrogens (tertiary/aromatic N) is 2. The average Bonchev–Trinajstić information content (AvgIpc) is 2.47. The number of fused-ring (bicyclic) bond motifs is 1. The van der Waals surface area contributed by atoms with Gasteiger partial charge in [-0.2, -0.15) is 0 Å². The van der Waals surface area contributed by atoms with Crippen molar-refractivity contribution < 1.29 is 4.74 Å². The standard InChI is InChI=1S/C15H29N3O/c1-16-13-6-9-19-11-15(13)18-8-5-14-12(10-18)4-3-7-17(14)2/h12-16H,3-11H2,1-2H3. The molecule has 0 aromatic heterocycles. The Morgan fingerprint density at radius 3 is 2.84 bits per heavy atom. The normalized spacial score (nSPS) is 42.0. The Bertz CT molecular complexity index is 299. The van der Waals surface area contributed by atoms with Crippen LogP contribution in [0.25, 0.3) is 0 Å². The van der Waals surface area contributed by atoms with Gasteiger partial charge < -0.3 is 15.0 Å². The largest absolute Gasteiger partial charge is 0.380 e. The van der Waals surface area contributed by atoms with Gasteiger partial charge in [0.15, 0.2) is 0 Å². The monoisotopic (exact) mass is 267 g/mol. The predicted octanol–water partition coefficient (Wildman–Crippen LogP) is 0.779. The van der Waals surface area contributed by atoms with Crippen molar-refractivity contribution in [2.75, 3.05) is 46.9 Å². The summed E-state index contributed by atoms with van der Waals surface area (Å²) in [5, 5.41) is 3.50. The van der Waals surface area contributed by atoms with Crippen molar-refractivity contribution in [3.05, 3.63) is 0 Å². The third-order valence-corrected chi connectivity index (χ3v) is 5.54. The van der Waals surface area contributed by atoms with Crippen LogP contribution < -0.4 is 5.32 Å². The molecule has 0 aromatic carbocycles. The number of likely N-dealkylation sites (tertiary alicyclic amines) is 2. The number of nitrogens with one attached hydrogen (secondary N) is 1. The Morgan fingerprint density at radius 2 is 2.00 bits per heavy atom. The van der Waals surface area contributed by atoms with Crippen molar-refractivity contribution >= 4 is 0 Å². The van der Waals surface area contributed by atoms with Crippen LogP contribution in [0.1, 0.15) is 25.7 Å². The summed E-state index contributed by atoms with van der Waals surface area (Å²) in [5.74, 6) is 0.881. The lowest BCUT2D eigenvalue weighted by atomic mass is 9.83. The van der Waals surface area contributed by atoms with Crippen LogP contribution in [0.3, 0.4) is 0 Å². The van der Waals surface area contributed by atoms with Gasteiger partial charge >= 0.3 is 0 Å². The number of piperidine rings is 2. The van der Waals surface area contributed by atoms with Crippen molar-refractivity contribution in [1.82, 2.24) is 15.1 Å². The molecule has 0 amide bonds. The summed E-state index contributed by atoms with van der Waals surface area (Å²) in [5.41, 5.74) is 0. The minimum atomic E-state index is 0.590. The van der Waals surface area contributed by atoms with E-state index in [4.69, 9.17) is 4.74 Å². The van der Waals surface area contributed by atoms with Crippen LogP contribution in [0.4, 0.5) is 0 Å². The molecular formula is C15H29N3O. The molecule has 0 aromatic rings. The fraction of sp³-hybridized carbons (Fsp3) is 1.00. The van der Waals surface area contributed by atoms with Gasteiger partial charge in [0.1, 0.15) is 0 Å². The molecule has 0 spiro atoms. The molecule has 1 N–H and O–H groups in total. The van der Waals surface area contributed by atoms with Crippen LogP contribution in [-0.4, -0.2) is 74.9 Å². The molecule has 19 heavy (non-hydrogen) atoms. The molecule has 4 atom stereocenters. The maximum Gasteiger partial charge on any atom is 0.0637 e. The van der Waals surface area contributed by atoms with E-state index in [1.54, 1.807) is 0 Å². The Labute approximate surface area is 117 Å². The second-order valence-electron chi connectivity index (χ2n) is 6.56. The molecule has 0 saturated carbocycles. The van der Waals surface area contributed by atoms with Crippen molar-refractivity contribution in [2.45, 2.75) is 43.8 Å². The van der Waals surface area contributed by atoms with Crippen LogP contribution in [0, 0.1) is 5.92 Å². The van der Waals surface area contributed by atoms with E-state index < -0.39 is 0 Å². The second-order valence-corrected chi connectivity index (χ2v) is 6.56. The number of ether oxygens (including phenoxy) is 1. The van der Waals surface area contributed by atoms with Crippen molar-refractivity contribution in [3.63, 3.8) is 0 Å². The van der Waals surface area contributed by atoms with E-state index in [1.807, 2.05) is 0 Å². The maximum atomic E-state index is 5.73. The molecule has 3 aliphatic rings. The molecule has 4 nitrogen and oxygen atoms in total. The molecule has 3 saturated heterocycles. The third-order valence-electron chi connectivity index (χ3n) is 5.54. The Hall–Kier alpha value is -0.160. The Kier molecular flexibility index (Phi) is 4.42. The molecule has 3 fully saturated rings. The van der Waals surface area contributed by atoms with Gasteiger partial charge in [-0.1, -0.05) is 0 Å². The van der Waals surface area contributed by atoms with Crippen LogP contribution in [0.5, 0.6) is 0 Å². The summed E-state index contributed by atoms with van der Waals surface area (Å²) in [6.45, 7) is 5.66. The highest BCUT2D eigenvalue weighted by atomic mass is 16.5. The zero-order chi connectivity index (χ0) is 13.2. The molecule has 4 unspecified atom stereocenters. The van der Waals surface area contributed by atoms with E-state index in [-0.39, 0.29) is 0 Å². The number of hydrogen-bond donors (Lipinski definition) is 1. The zero-order valence-corrected chi connectivity index (χ0v) is 12.5. The minimum absolute atomic E-state index is 0.590. The smallest absolute Gasteiger partial charge is 0.0637 e. The number of rotatable bonds is 2. The molecule has 4 heteroatoms. The van der Waals surface area contributed by atoms with E-state index in [0.29, 0.717) is 12.1 Å². The summed E-state index contributed by atoms with van der Waals surface area (Å²) in [6, 6.07) is 2.04. The van der Waals surface area contributed by atoms with E-state index in [1.165, 1.54) is 38.9 Å². The van der Waals surface area contributed by atoms with Gasteiger partial charge in [0.05, 0.1) is 6.61 Å². The van der Waals surface area contributed by atoms with Gasteiger partial charge in [-0.05, 0) is 52.2 Å². The highest BCUT2D eigenvalue weighted by molar-refractivity contribution is 4.94. The summed E-state index contributed by atoms with van der Waals surface area (Å²) < 4.78 is 5.73. The molecule has 3 aliphatic heterocycles. The fourth-order valence-corrected chi connectivity index (χ4v) is 4.40. The molecule has 0 radical (unpaired) electrons. The topological polar surface area (TPSA) is 27.7 Å². The first-order chi connectivity index (χ1) is 9.29. The first-order valence-corrected chi connectivity index (χ1v) is 7.99. The quantitative estimate of drug-likeness (QED) is 0.800. The summed E-state index contributed by atoms with van der Waals surface area (Å²) in [6.07, 6.45) is 5.30. The van der Waals surface area contributed by atoms with E-state index in [9.17, 15) is 0 Å². The van der Waals surface area contributed by atoms with E-state index in [2.05, 4.69) is 29.2 Å². The lowest BCUT2D eigenvalue weighted by Gasteiger charge is -2.49. The Balaban J connectivity index is 1.63. The molecule has 3 heterocycles. The lowest BCUT2D eigenvalue weighted by molar-refractivity contribution is -0.0402.